The van der Waals surface area contributed by atoms with Gasteiger partial charge in [0.2, 0.25) is 0 Å². The summed E-state index contributed by atoms with van der Waals surface area (Å²) in [5.41, 5.74) is 4.26. The lowest BCUT2D eigenvalue weighted by molar-refractivity contribution is 0.354. The van der Waals surface area contributed by atoms with Crippen molar-refractivity contribution in [2.75, 3.05) is 14.2 Å². The summed E-state index contributed by atoms with van der Waals surface area (Å²) in [5.74, 6) is 1.29. The van der Waals surface area contributed by atoms with Crippen LogP contribution in [0.4, 0.5) is 0 Å². The fourth-order valence-electron chi connectivity index (χ4n) is 3.08. The molecular weight excluding hydrogens is 362 g/mol. The van der Waals surface area contributed by atoms with E-state index in [0.717, 1.165) is 22.5 Å². The molecule has 0 bridgehead atoms. The van der Waals surface area contributed by atoms with Crippen LogP contribution in [0.15, 0.2) is 48.7 Å². The van der Waals surface area contributed by atoms with Gasteiger partial charge in [-0.2, -0.15) is 5.10 Å². The Balaban J connectivity index is 1.75. The Labute approximate surface area is 164 Å². The molecule has 0 amide bonds. The van der Waals surface area contributed by atoms with Crippen molar-refractivity contribution in [1.82, 2.24) is 15.1 Å². The van der Waals surface area contributed by atoms with Crippen LogP contribution in [0.5, 0.6) is 11.5 Å². The topological polar surface area (TPSA) is 48.3 Å². The minimum atomic E-state index is 0.117. The van der Waals surface area contributed by atoms with Gasteiger partial charge in [0.25, 0.3) is 0 Å². The predicted molar refractivity (Wildman–Crippen MR) is 108 cm³/mol. The van der Waals surface area contributed by atoms with Gasteiger partial charge in [-0.3, -0.25) is 0 Å². The lowest BCUT2D eigenvalue weighted by atomic mass is 10.1. The second kappa shape index (κ2) is 8.46. The number of hydrogen-bond donors (Lipinski definition) is 1. The van der Waals surface area contributed by atoms with Crippen molar-refractivity contribution < 1.29 is 9.47 Å². The van der Waals surface area contributed by atoms with Gasteiger partial charge in [0.1, 0.15) is 0 Å². The number of ether oxygens (including phenoxy) is 2. The molecule has 27 heavy (non-hydrogen) atoms. The molecule has 0 aliphatic carbocycles. The van der Waals surface area contributed by atoms with Crippen molar-refractivity contribution in [2.24, 2.45) is 0 Å². The van der Waals surface area contributed by atoms with E-state index in [-0.39, 0.29) is 6.04 Å². The molecule has 0 aliphatic rings. The molecule has 6 heteroatoms. The second-order valence-electron chi connectivity index (χ2n) is 6.33. The molecule has 1 heterocycles. The molecule has 1 atom stereocenters. The lowest BCUT2D eigenvalue weighted by Gasteiger charge is -2.16. The van der Waals surface area contributed by atoms with Gasteiger partial charge in [0.05, 0.1) is 26.1 Å². The van der Waals surface area contributed by atoms with Crippen LogP contribution in [0.3, 0.4) is 0 Å². The highest BCUT2D eigenvalue weighted by Crippen LogP contribution is 2.33. The Morgan fingerprint density at radius 1 is 1.11 bits per heavy atom. The molecule has 1 aromatic heterocycles. The van der Waals surface area contributed by atoms with Gasteiger partial charge in [0.15, 0.2) is 11.5 Å². The maximum atomic E-state index is 6.39. The van der Waals surface area contributed by atoms with Crippen LogP contribution < -0.4 is 14.8 Å². The Kier molecular flexibility index (Phi) is 6.04. The number of halogens is 1. The maximum Gasteiger partial charge on any atom is 0.162 e. The number of methoxy groups -OCH3 is 2. The zero-order chi connectivity index (χ0) is 19.4. The monoisotopic (exact) mass is 385 g/mol. The van der Waals surface area contributed by atoms with Crippen LogP contribution in [-0.2, 0) is 6.54 Å². The predicted octanol–water partition coefficient (Wildman–Crippen LogP) is 4.70. The standard InChI is InChI=1S/C21H24ClN3O2/c1-14(18-13-24-25(15(18)2)17-8-6-5-7-9-17)23-12-16-10-20(26-3)21(27-4)11-19(16)22/h5-11,13-14,23H,12H2,1-4H3/t14-/m1/s1. The molecule has 0 fully saturated rings. The van der Waals surface area contributed by atoms with Gasteiger partial charge in [-0.05, 0) is 37.6 Å². The molecule has 2 aromatic carbocycles. The number of rotatable bonds is 7. The van der Waals surface area contributed by atoms with E-state index < -0.39 is 0 Å². The van der Waals surface area contributed by atoms with Gasteiger partial charge >= 0.3 is 0 Å². The number of nitrogens with zero attached hydrogens (tertiary/aromatic N) is 2. The zero-order valence-corrected chi connectivity index (χ0v) is 16.7. The molecule has 0 saturated carbocycles. The molecule has 0 saturated heterocycles. The SMILES string of the molecule is COc1cc(Cl)c(CN[C@H](C)c2cnn(-c3ccccc3)c2C)cc1OC. The number of aromatic nitrogens is 2. The van der Waals surface area contributed by atoms with E-state index >= 15 is 0 Å². The van der Waals surface area contributed by atoms with E-state index in [4.69, 9.17) is 21.1 Å². The normalized spacial score (nSPS) is 12.0. The largest absolute Gasteiger partial charge is 0.493 e. The summed E-state index contributed by atoms with van der Waals surface area (Å²) in [4.78, 5) is 0. The summed E-state index contributed by atoms with van der Waals surface area (Å²) >= 11 is 6.39. The van der Waals surface area contributed by atoms with E-state index in [1.807, 2.05) is 47.3 Å². The van der Waals surface area contributed by atoms with Crippen LogP contribution in [0.1, 0.15) is 29.8 Å². The highest BCUT2D eigenvalue weighted by Gasteiger charge is 2.15. The molecule has 0 unspecified atom stereocenters. The molecule has 5 nitrogen and oxygen atoms in total. The third kappa shape index (κ3) is 4.10. The molecule has 1 N–H and O–H groups in total. The van der Waals surface area contributed by atoms with Crippen LogP contribution in [0.25, 0.3) is 5.69 Å². The van der Waals surface area contributed by atoms with Crippen LogP contribution >= 0.6 is 11.6 Å². The number of para-hydroxylation sites is 1. The van der Waals surface area contributed by atoms with E-state index in [9.17, 15) is 0 Å². The van der Waals surface area contributed by atoms with Crippen molar-refractivity contribution in [2.45, 2.75) is 26.4 Å². The van der Waals surface area contributed by atoms with Gasteiger partial charge in [-0.25, -0.2) is 4.68 Å². The van der Waals surface area contributed by atoms with Crippen molar-refractivity contribution in [3.8, 4) is 17.2 Å². The molecule has 0 aliphatic heterocycles. The molecule has 3 aromatic rings. The number of hydrogen-bond acceptors (Lipinski definition) is 4. The summed E-state index contributed by atoms with van der Waals surface area (Å²) in [6.45, 7) is 4.81. The highest BCUT2D eigenvalue weighted by atomic mass is 35.5. The van der Waals surface area contributed by atoms with Crippen molar-refractivity contribution in [3.05, 3.63) is 70.5 Å². The fourth-order valence-corrected chi connectivity index (χ4v) is 3.30. The summed E-state index contributed by atoms with van der Waals surface area (Å²) in [7, 11) is 3.22. The quantitative estimate of drug-likeness (QED) is 0.640. The number of benzene rings is 2. The first kappa shape index (κ1) is 19.3. The first-order valence-electron chi connectivity index (χ1n) is 8.79. The summed E-state index contributed by atoms with van der Waals surface area (Å²) in [6, 6.07) is 13.9. The minimum absolute atomic E-state index is 0.117. The van der Waals surface area contributed by atoms with Crippen LogP contribution in [0, 0.1) is 6.92 Å². The third-order valence-corrected chi connectivity index (χ3v) is 5.02. The first-order valence-corrected chi connectivity index (χ1v) is 9.16. The van der Waals surface area contributed by atoms with Gasteiger partial charge in [0, 0.05) is 34.9 Å². The van der Waals surface area contributed by atoms with E-state index in [1.165, 1.54) is 0 Å². The fraction of sp³-hybridized carbons (Fsp3) is 0.286. The lowest BCUT2D eigenvalue weighted by Crippen LogP contribution is -2.19. The van der Waals surface area contributed by atoms with Crippen molar-refractivity contribution in [1.29, 1.82) is 0 Å². The van der Waals surface area contributed by atoms with E-state index in [1.54, 1.807) is 20.3 Å². The van der Waals surface area contributed by atoms with Gasteiger partial charge in [-0.15, -0.1) is 0 Å². The minimum Gasteiger partial charge on any atom is -0.493 e. The molecule has 142 valence electrons. The van der Waals surface area contributed by atoms with Crippen LogP contribution in [0.2, 0.25) is 5.02 Å². The van der Waals surface area contributed by atoms with Crippen molar-refractivity contribution in [3.63, 3.8) is 0 Å². The second-order valence-corrected chi connectivity index (χ2v) is 6.74. The average Bonchev–Trinajstić information content (AvgIpc) is 3.08. The Morgan fingerprint density at radius 2 is 1.78 bits per heavy atom. The summed E-state index contributed by atoms with van der Waals surface area (Å²) < 4.78 is 12.6. The van der Waals surface area contributed by atoms with Crippen molar-refractivity contribution >= 4 is 11.6 Å². The van der Waals surface area contributed by atoms with Gasteiger partial charge in [-0.1, -0.05) is 29.8 Å². The van der Waals surface area contributed by atoms with Gasteiger partial charge < -0.3 is 14.8 Å². The average molecular weight is 386 g/mol. The molecule has 0 radical (unpaired) electrons. The first-order chi connectivity index (χ1) is 13.0. The summed E-state index contributed by atoms with van der Waals surface area (Å²) in [5, 5.41) is 8.70. The Morgan fingerprint density at radius 3 is 2.44 bits per heavy atom. The van der Waals surface area contributed by atoms with Crippen LogP contribution in [-0.4, -0.2) is 24.0 Å². The molecular formula is C21H24ClN3O2. The Bertz CT molecular complexity index is 909. The highest BCUT2D eigenvalue weighted by molar-refractivity contribution is 6.31. The molecule has 0 spiro atoms. The smallest absolute Gasteiger partial charge is 0.162 e. The third-order valence-electron chi connectivity index (χ3n) is 4.67. The maximum absolute atomic E-state index is 6.39. The number of nitrogens with one attached hydrogen (secondary N) is 1. The molecule has 3 rings (SSSR count). The Hall–Kier alpha value is -2.50. The summed E-state index contributed by atoms with van der Waals surface area (Å²) in [6.07, 6.45) is 1.91. The van der Waals surface area contributed by atoms with E-state index in [0.29, 0.717) is 23.1 Å². The zero-order valence-electron chi connectivity index (χ0n) is 16.0. The van der Waals surface area contributed by atoms with E-state index in [2.05, 4.69) is 24.3 Å².